The Kier molecular flexibility index (Phi) is 1.75. The molecule has 0 aliphatic carbocycles. The van der Waals surface area contributed by atoms with E-state index in [0.29, 0.717) is 6.54 Å². The second-order valence-corrected chi connectivity index (χ2v) is 1.91. The van der Waals surface area contributed by atoms with Gasteiger partial charge in [0.15, 0.2) is 0 Å². The van der Waals surface area contributed by atoms with Crippen LogP contribution in [0, 0.1) is 6.92 Å². The van der Waals surface area contributed by atoms with Gasteiger partial charge in [0.25, 0.3) is 0 Å². The molecule has 1 rings (SSSR count). The van der Waals surface area contributed by atoms with Crippen LogP contribution >= 0.6 is 0 Å². The first-order chi connectivity index (χ1) is 4.33. The van der Waals surface area contributed by atoms with Crippen LogP contribution in [0.25, 0.3) is 0 Å². The highest BCUT2D eigenvalue weighted by atomic mass is 15.1. The number of hydrogen-bond acceptors (Lipinski definition) is 3. The summed E-state index contributed by atoms with van der Waals surface area (Å²) >= 11 is 0. The van der Waals surface area contributed by atoms with E-state index in [2.05, 4.69) is 10.2 Å². The summed E-state index contributed by atoms with van der Waals surface area (Å²) in [5, 5.41) is 7.51. The highest BCUT2D eigenvalue weighted by molar-refractivity contribution is 5.10. The van der Waals surface area contributed by atoms with Crippen LogP contribution < -0.4 is 5.73 Å². The molecule has 2 N–H and O–H groups in total. The predicted molar refractivity (Wildman–Crippen MR) is 36.8 cm³/mol. The molecule has 0 atom stereocenters. The molecule has 0 unspecified atom stereocenters. The Bertz CT molecular complexity index is 202. The van der Waals surface area contributed by atoms with E-state index < -0.39 is 0 Å². The molecule has 0 aromatic carbocycles. The lowest BCUT2D eigenvalue weighted by molar-refractivity contribution is 0.932. The molecule has 0 bridgehead atoms. The van der Waals surface area contributed by atoms with Gasteiger partial charge < -0.3 is 5.73 Å². The van der Waals surface area contributed by atoms with Crippen molar-refractivity contribution in [2.75, 3.05) is 0 Å². The average molecular weight is 125 g/mol. The molecule has 50 valence electrons. The first-order valence-corrected chi connectivity index (χ1v) is 2.81. The Morgan fingerprint density at radius 3 is 3.00 bits per heavy atom. The zero-order valence-electron chi connectivity index (χ0n) is 5.33. The fourth-order valence-corrected chi connectivity index (χ4v) is 0.640. The third-order valence-electron chi connectivity index (χ3n) is 1.07. The van der Waals surface area contributed by atoms with Crippen LogP contribution in [0.3, 0.4) is 0 Å². The Morgan fingerprint density at radius 1 is 1.78 bits per heavy atom. The van der Waals surface area contributed by atoms with Crippen LogP contribution in [-0.2, 0) is 6.54 Å². The molecule has 1 heterocycles. The lowest BCUT2D eigenvalue weighted by Crippen LogP contribution is -1.98. The van der Waals surface area contributed by atoms with Crippen molar-refractivity contribution >= 4 is 0 Å². The third kappa shape index (κ3) is 1.47. The van der Waals surface area contributed by atoms with Crippen molar-refractivity contribution in [1.29, 1.82) is 0 Å². The zero-order chi connectivity index (χ0) is 6.69. The Hall–Kier alpha value is -0.960. The summed E-state index contributed by atoms with van der Waals surface area (Å²) in [5.41, 5.74) is 7.30. The standard InChI is InChI=1S/C6H9N3.H2/c1-5-2-6(3-7)4-8-9-5;/h2,4H,3,7H2,1H3;1H. The normalized spacial score (nSPS) is 9.56. The quantitative estimate of drug-likeness (QED) is 0.594. The van der Waals surface area contributed by atoms with Crippen molar-refractivity contribution in [2.45, 2.75) is 13.5 Å². The Balaban J connectivity index is 0.000000810. The minimum atomic E-state index is 0. The number of nitrogens with zero attached hydrogens (tertiary/aromatic N) is 2. The Labute approximate surface area is 55.4 Å². The smallest absolute Gasteiger partial charge is 0.0603 e. The zero-order valence-corrected chi connectivity index (χ0v) is 5.33. The van der Waals surface area contributed by atoms with E-state index in [0.717, 1.165) is 11.3 Å². The van der Waals surface area contributed by atoms with Crippen LogP contribution in [0.4, 0.5) is 0 Å². The molecule has 1 aromatic rings. The van der Waals surface area contributed by atoms with E-state index in [-0.39, 0.29) is 1.43 Å². The van der Waals surface area contributed by atoms with Gasteiger partial charge in [-0.05, 0) is 18.6 Å². The maximum absolute atomic E-state index is 5.35. The molecule has 0 saturated heterocycles. The van der Waals surface area contributed by atoms with E-state index in [1.807, 2.05) is 13.0 Å². The monoisotopic (exact) mass is 125 g/mol. The van der Waals surface area contributed by atoms with Gasteiger partial charge in [-0.15, -0.1) is 0 Å². The molecular weight excluding hydrogens is 114 g/mol. The molecule has 0 fully saturated rings. The summed E-state index contributed by atoms with van der Waals surface area (Å²) in [6, 6.07) is 1.92. The van der Waals surface area contributed by atoms with Gasteiger partial charge in [0, 0.05) is 7.97 Å². The lowest BCUT2D eigenvalue weighted by Gasteiger charge is -1.93. The largest absolute Gasteiger partial charge is 0.326 e. The molecule has 0 saturated carbocycles. The molecule has 3 nitrogen and oxygen atoms in total. The second kappa shape index (κ2) is 2.55. The number of aryl methyl sites for hydroxylation is 1. The van der Waals surface area contributed by atoms with Crippen molar-refractivity contribution in [3.05, 3.63) is 23.5 Å². The van der Waals surface area contributed by atoms with E-state index in [1.165, 1.54) is 0 Å². The molecular formula is C6H11N3. The third-order valence-corrected chi connectivity index (χ3v) is 1.07. The van der Waals surface area contributed by atoms with Crippen molar-refractivity contribution in [3.63, 3.8) is 0 Å². The number of aromatic nitrogens is 2. The van der Waals surface area contributed by atoms with Gasteiger partial charge in [0.1, 0.15) is 0 Å². The Morgan fingerprint density at radius 2 is 2.56 bits per heavy atom. The highest BCUT2D eigenvalue weighted by Gasteiger charge is 1.88. The van der Waals surface area contributed by atoms with Gasteiger partial charge in [-0.2, -0.15) is 10.2 Å². The van der Waals surface area contributed by atoms with Gasteiger partial charge >= 0.3 is 0 Å². The van der Waals surface area contributed by atoms with Crippen molar-refractivity contribution in [3.8, 4) is 0 Å². The van der Waals surface area contributed by atoms with Gasteiger partial charge in [-0.1, -0.05) is 0 Å². The fourth-order valence-electron chi connectivity index (χ4n) is 0.640. The minimum absolute atomic E-state index is 0. The summed E-state index contributed by atoms with van der Waals surface area (Å²) in [6.07, 6.45) is 1.67. The van der Waals surface area contributed by atoms with Gasteiger partial charge in [0.05, 0.1) is 11.9 Å². The SMILES string of the molecule is Cc1cc(CN)cnn1.[HH]. The van der Waals surface area contributed by atoms with Gasteiger partial charge in [-0.25, -0.2) is 0 Å². The van der Waals surface area contributed by atoms with Crippen molar-refractivity contribution in [2.24, 2.45) is 5.73 Å². The van der Waals surface area contributed by atoms with E-state index in [4.69, 9.17) is 5.73 Å². The summed E-state index contributed by atoms with van der Waals surface area (Å²) < 4.78 is 0. The lowest BCUT2D eigenvalue weighted by atomic mass is 10.3. The maximum Gasteiger partial charge on any atom is 0.0603 e. The molecule has 0 amide bonds. The van der Waals surface area contributed by atoms with Crippen molar-refractivity contribution < 1.29 is 1.43 Å². The van der Waals surface area contributed by atoms with Crippen LogP contribution in [0.2, 0.25) is 0 Å². The van der Waals surface area contributed by atoms with Gasteiger partial charge in [-0.3, -0.25) is 0 Å². The van der Waals surface area contributed by atoms with E-state index >= 15 is 0 Å². The number of hydrogen-bond donors (Lipinski definition) is 1. The first-order valence-electron chi connectivity index (χ1n) is 2.81. The topological polar surface area (TPSA) is 51.8 Å². The molecule has 1 aromatic heterocycles. The molecule has 0 aliphatic heterocycles. The van der Waals surface area contributed by atoms with Crippen LogP contribution in [-0.4, -0.2) is 10.2 Å². The number of rotatable bonds is 1. The van der Waals surface area contributed by atoms with Crippen LogP contribution in [0.15, 0.2) is 12.3 Å². The molecule has 3 heteroatoms. The summed E-state index contributed by atoms with van der Waals surface area (Å²) in [6.45, 7) is 2.43. The van der Waals surface area contributed by atoms with E-state index in [9.17, 15) is 0 Å². The fraction of sp³-hybridized carbons (Fsp3) is 0.333. The summed E-state index contributed by atoms with van der Waals surface area (Å²) in [5.74, 6) is 0. The molecule has 0 radical (unpaired) electrons. The number of nitrogens with two attached hydrogens (primary N) is 1. The molecule has 9 heavy (non-hydrogen) atoms. The second-order valence-electron chi connectivity index (χ2n) is 1.91. The summed E-state index contributed by atoms with van der Waals surface area (Å²) in [7, 11) is 0. The molecule has 0 aliphatic rings. The molecule has 0 spiro atoms. The average Bonchev–Trinajstić information content (AvgIpc) is 1.88. The van der Waals surface area contributed by atoms with Gasteiger partial charge in [0.2, 0.25) is 0 Å². The van der Waals surface area contributed by atoms with Crippen LogP contribution in [0.5, 0.6) is 0 Å². The minimum Gasteiger partial charge on any atom is -0.326 e. The predicted octanol–water partition coefficient (Wildman–Crippen LogP) is 0.490. The van der Waals surface area contributed by atoms with Crippen molar-refractivity contribution in [1.82, 2.24) is 10.2 Å². The highest BCUT2D eigenvalue weighted by Crippen LogP contribution is 1.94. The first kappa shape index (κ1) is 6.16. The van der Waals surface area contributed by atoms with Crippen LogP contribution in [0.1, 0.15) is 12.7 Å². The maximum atomic E-state index is 5.35. The van der Waals surface area contributed by atoms with E-state index in [1.54, 1.807) is 6.20 Å². The summed E-state index contributed by atoms with van der Waals surface area (Å²) in [4.78, 5) is 0.